The summed E-state index contributed by atoms with van der Waals surface area (Å²) in [5.41, 5.74) is 4.01. The Morgan fingerprint density at radius 3 is 2.39 bits per heavy atom. The van der Waals surface area contributed by atoms with Crippen LogP contribution in [0.2, 0.25) is 5.02 Å². The molecule has 0 bridgehead atoms. The molecule has 8 nitrogen and oxygen atoms in total. The predicted octanol–water partition coefficient (Wildman–Crippen LogP) is 4.14. The molecule has 0 fully saturated rings. The second-order valence-corrected chi connectivity index (χ2v) is 7.09. The maximum atomic E-state index is 12.4. The van der Waals surface area contributed by atoms with Crippen molar-refractivity contribution in [1.82, 2.24) is 5.43 Å². The molecule has 0 aliphatic rings. The zero-order valence-corrected chi connectivity index (χ0v) is 18.8. The molecule has 3 rings (SSSR count). The van der Waals surface area contributed by atoms with Crippen LogP contribution in [0, 0.1) is 0 Å². The number of benzene rings is 3. The van der Waals surface area contributed by atoms with E-state index in [0.717, 1.165) is 0 Å². The van der Waals surface area contributed by atoms with Gasteiger partial charge >= 0.3 is 0 Å². The van der Waals surface area contributed by atoms with Gasteiger partial charge in [0.2, 0.25) is 0 Å². The topological polar surface area (TPSA) is 98.3 Å². The lowest BCUT2D eigenvalue weighted by Crippen LogP contribution is -2.20. The third-order valence-electron chi connectivity index (χ3n) is 4.42. The van der Waals surface area contributed by atoms with Crippen molar-refractivity contribution in [1.29, 1.82) is 0 Å². The molecule has 0 aliphatic heterocycles. The van der Waals surface area contributed by atoms with Crippen LogP contribution in [0.15, 0.2) is 71.8 Å². The van der Waals surface area contributed by atoms with Gasteiger partial charge in [-0.3, -0.25) is 9.59 Å². The SMILES string of the molecule is COc1ccc(C(=O)N/N=C/c2ccccc2OCC(=O)Nc2ccc(Cl)cc2)cc1OC. The summed E-state index contributed by atoms with van der Waals surface area (Å²) in [6, 6.07) is 18.6. The molecule has 0 heterocycles. The molecule has 170 valence electrons. The van der Waals surface area contributed by atoms with Gasteiger partial charge in [0, 0.05) is 21.8 Å². The smallest absolute Gasteiger partial charge is 0.271 e. The fourth-order valence-electron chi connectivity index (χ4n) is 2.79. The van der Waals surface area contributed by atoms with Gasteiger partial charge in [0.05, 0.1) is 20.4 Å². The minimum absolute atomic E-state index is 0.203. The van der Waals surface area contributed by atoms with Crippen molar-refractivity contribution in [2.24, 2.45) is 5.10 Å². The lowest BCUT2D eigenvalue weighted by molar-refractivity contribution is -0.118. The molecule has 0 radical (unpaired) electrons. The molecule has 0 aliphatic carbocycles. The molecule has 3 aromatic rings. The Kier molecular flexibility index (Phi) is 8.26. The van der Waals surface area contributed by atoms with Gasteiger partial charge in [0.25, 0.3) is 11.8 Å². The van der Waals surface area contributed by atoms with Gasteiger partial charge in [-0.1, -0.05) is 23.7 Å². The van der Waals surface area contributed by atoms with Crippen LogP contribution >= 0.6 is 11.6 Å². The van der Waals surface area contributed by atoms with E-state index in [2.05, 4.69) is 15.8 Å². The Bertz CT molecular complexity index is 1150. The molecule has 0 atom stereocenters. The van der Waals surface area contributed by atoms with Crippen LogP contribution < -0.4 is 25.0 Å². The first-order valence-electron chi connectivity index (χ1n) is 9.83. The van der Waals surface area contributed by atoms with Crippen molar-refractivity contribution in [2.45, 2.75) is 0 Å². The van der Waals surface area contributed by atoms with E-state index in [4.69, 9.17) is 25.8 Å². The zero-order valence-electron chi connectivity index (χ0n) is 18.0. The first kappa shape index (κ1) is 23.6. The van der Waals surface area contributed by atoms with Crippen molar-refractivity contribution in [3.05, 3.63) is 82.9 Å². The number of halogens is 1. The molecule has 33 heavy (non-hydrogen) atoms. The number of amides is 2. The van der Waals surface area contributed by atoms with Gasteiger partial charge in [-0.15, -0.1) is 0 Å². The van der Waals surface area contributed by atoms with E-state index in [1.165, 1.54) is 20.4 Å². The number of carbonyl (C=O) groups excluding carboxylic acids is 2. The fraction of sp³-hybridized carbons (Fsp3) is 0.125. The van der Waals surface area contributed by atoms with Gasteiger partial charge in [-0.2, -0.15) is 5.10 Å². The van der Waals surface area contributed by atoms with Gasteiger partial charge in [0.15, 0.2) is 18.1 Å². The molecule has 3 aromatic carbocycles. The Labute approximate surface area is 196 Å². The van der Waals surface area contributed by atoms with E-state index in [0.29, 0.717) is 39.1 Å². The van der Waals surface area contributed by atoms with Crippen LogP contribution in [0.25, 0.3) is 0 Å². The third kappa shape index (κ3) is 6.72. The van der Waals surface area contributed by atoms with Crippen LogP contribution in [0.5, 0.6) is 17.2 Å². The molecule has 2 amide bonds. The number of hydrogen-bond donors (Lipinski definition) is 2. The van der Waals surface area contributed by atoms with E-state index in [-0.39, 0.29) is 12.5 Å². The lowest BCUT2D eigenvalue weighted by atomic mass is 10.2. The number of nitrogens with zero attached hydrogens (tertiary/aromatic N) is 1. The summed E-state index contributed by atoms with van der Waals surface area (Å²) in [5.74, 6) is 0.639. The molecule has 0 unspecified atom stereocenters. The molecule has 2 N–H and O–H groups in total. The summed E-state index contributed by atoms with van der Waals surface area (Å²) in [4.78, 5) is 24.5. The summed E-state index contributed by atoms with van der Waals surface area (Å²) in [7, 11) is 3.01. The highest BCUT2D eigenvalue weighted by atomic mass is 35.5. The number of ether oxygens (including phenoxy) is 3. The number of para-hydroxylation sites is 1. The third-order valence-corrected chi connectivity index (χ3v) is 4.67. The second-order valence-electron chi connectivity index (χ2n) is 6.65. The maximum Gasteiger partial charge on any atom is 0.271 e. The van der Waals surface area contributed by atoms with Crippen molar-refractivity contribution in [3.8, 4) is 17.2 Å². The number of anilines is 1. The minimum atomic E-state index is -0.423. The van der Waals surface area contributed by atoms with Crippen molar-refractivity contribution < 1.29 is 23.8 Å². The van der Waals surface area contributed by atoms with Crippen LogP contribution in [0.3, 0.4) is 0 Å². The predicted molar refractivity (Wildman–Crippen MR) is 127 cm³/mol. The van der Waals surface area contributed by atoms with Gasteiger partial charge in [-0.25, -0.2) is 5.43 Å². The Morgan fingerprint density at radius 2 is 1.67 bits per heavy atom. The molecule has 9 heteroatoms. The molecule has 0 spiro atoms. The van der Waals surface area contributed by atoms with Crippen molar-refractivity contribution >= 4 is 35.3 Å². The van der Waals surface area contributed by atoms with Crippen molar-refractivity contribution in [3.63, 3.8) is 0 Å². The first-order valence-corrected chi connectivity index (χ1v) is 10.2. The van der Waals surface area contributed by atoms with Crippen LogP contribution in [0.4, 0.5) is 5.69 Å². The number of nitrogens with one attached hydrogen (secondary N) is 2. The van der Waals surface area contributed by atoms with Crippen LogP contribution in [0.1, 0.15) is 15.9 Å². The normalized spacial score (nSPS) is 10.5. The second kappa shape index (κ2) is 11.5. The summed E-state index contributed by atoms with van der Waals surface area (Å²) < 4.78 is 16.0. The average Bonchev–Trinajstić information content (AvgIpc) is 2.84. The monoisotopic (exact) mass is 467 g/mol. The number of carbonyl (C=O) groups is 2. The first-order chi connectivity index (χ1) is 16.0. The van der Waals surface area contributed by atoms with E-state index in [1.807, 2.05) is 0 Å². The summed E-state index contributed by atoms with van der Waals surface area (Å²) in [6.45, 7) is -0.203. The molecule has 0 aromatic heterocycles. The Hall–Kier alpha value is -4.04. The molecule has 0 saturated carbocycles. The average molecular weight is 468 g/mol. The maximum absolute atomic E-state index is 12.4. The number of methoxy groups -OCH3 is 2. The largest absolute Gasteiger partial charge is 0.493 e. The molecule has 0 saturated heterocycles. The van der Waals surface area contributed by atoms with Gasteiger partial charge in [0.1, 0.15) is 5.75 Å². The van der Waals surface area contributed by atoms with E-state index < -0.39 is 5.91 Å². The summed E-state index contributed by atoms with van der Waals surface area (Å²) in [5, 5.41) is 7.29. The summed E-state index contributed by atoms with van der Waals surface area (Å²) >= 11 is 5.84. The highest BCUT2D eigenvalue weighted by Crippen LogP contribution is 2.27. The fourth-order valence-corrected chi connectivity index (χ4v) is 2.92. The van der Waals surface area contributed by atoms with Crippen LogP contribution in [-0.2, 0) is 4.79 Å². The Balaban J connectivity index is 1.59. The highest BCUT2D eigenvalue weighted by Gasteiger charge is 2.10. The van der Waals surface area contributed by atoms with E-state index in [1.54, 1.807) is 66.7 Å². The van der Waals surface area contributed by atoms with Gasteiger partial charge < -0.3 is 19.5 Å². The minimum Gasteiger partial charge on any atom is -0.493 e. The number of hydrazone groups is 1. The number of rotatable bonds is 9. The quantitative estimate of drug-likeness (QED) is 0.364. The zero-order chi connectivity index (χ0) is 23.6. The van der Waals surface area contributed by atoms with E-state index >= 15 is 0 Å². The summed E-state index contributed by atoms with van der Waals surface area (Å²) in [6.07, 6.45) is 1.44. The number of hydrogen-bond acceptors (Lipinski definition) is 6. The Morgan fingerprint density at radius 1 is 0.939 bits per heavy atom. The molecular formula is C24H22ClN3O5. The standard InChI is InChI=1S/C24H22ClN3O5/c1-31-21-12-7-16(13-22(21)32-2)24(30)28-26-14-17-5-3-4-6-20(17)33-15-23(29)27-19-10-8-18(25)9-11-19/h3-14H,15H2,1-2H3,(H,27,29)(H,28,30)/b26-14+. The lowest BCUT2D eigenvalue weighted by Gasteiger charge is -2.10. The van der Waals surface area contributed by atoms with E-state index in [9.17, 15) is 9.59 Å². The van der Waals surface area contributed by atoms with Crippen LogP contribution in [-0.4, -0.2) is 38.9 Å². The molecular weight excluding hydrogens is 446 g/mol. The van der Waals surface area contributed by atoms with Gasteiger partial charge in [-0.05, 0) is 54.6 Å². The highest BCUT2D eigenvalue weighted by molar-refractivity contribution is 6.30. The van der Waals surface area contributed by atoms with Crippen molar-refractivity contribution in [2.75, 3.05) is 26.1 Å².